The number of benzene rings is 3. The molecule has 0 unspecified atom stereocenters. The predicted octanol–water partition coefficient (Wildman–Crippen LogP) is 4.55. The predicted molar refractivity (Wildman–Crippen MR) is 171 cm³/mol. The topological polar surface area (TPSA) is 172 Å². The van der Waals surface area contributed by atoms with E-state index in [-0.39, 0.29) is 30.5 Å². The number of carboxylic acids is 1. The summed E-state index contributed by atoms with van der Waals surface area (Å²) in [6, 6.07) is 14.5. The maximum atomic E-state index is 13.0. The summed E-state index contributed by atoms with van der Waals surface area (Å²) in [5.41, 5.74) is 1.30. The number of fused-ring (bicyclic) bond motifs is 1. The third-order valence-corrected chi connectivity index (χ3v) is 9.60. The molecule has 49 heavy (non-hydrogen) atoms. The van der Waals surface area contributed by atoms with Gasteiger partial charge in [0, 0.05) is 6.54 Å². The summed E-state index contributed by atoms with van der Waals surface area (Å²) in [6.45, 7) is -0.626. The van der Waals surface area contributed by atoms with Crippen LogP contribution in [0.5, 0.6) is 11.5 Å². The number of nitrogens with two attached hydrogens (primary N) is 1. The summed E-state index contributed by atoms with van der Waals surface area (Å²) in [4.78, 5) is 16.2. The molecular formula is C31H30F4N6O6S2. The number of halogens is 4. The van der Waals surface area contributed by atoms with E-state index in [1.165, 1.54) is 12.1 Å². The van der Waals surface area contributed by atoms with Crippen LogP contribution in [0, 0.1) is 0 Å². The minimum Gasteiger partial charge on any atom is -0.491 e. The lowest BCUT2D eigenvalue weighted by Crippen LogP contribution is -2.42. The zero-order valence-electron chi connectivity index (χ0n) is 25.5. The molecule has 0 aliphatic rings. The number of ether oxygens (including phenoxy) is 2. The van der Waals surface area contributed by atoms with Gasteiger partial charge in [-0.15, -0.1) is 16.4 Å². The van der Waals surface area contributed by atoms with Crippen LogP contribution in [0.4, 0.5) is 17.6 Å². The first-order valence-corrected chi connectivity index (χ1v) is 17.0. The smallest absolute Gasteiger partial charge is 0.416 e. The first kappa shape index (κ1) is 35.7. The van der Waals surface area contributed by atoms with Gasteiger partial charge in [-0.05, 0) is 66.4 Å². The summed E-state index contributed by atoms with van der Waals surface area (Å²) < 4.78 is 87.9. The molecule has 2 aromatic heterocycles. The van der Waals surface area contributed by atoms with E-state index < -0.39 is 46.5 Å². The number of aromatic nitrogens is 4. The van der Waals surface area contributed by atoms with Crippen LogP contribution in [0.25, 0.3) is 10.2 Å². The Morgan fingerprint density at radius 3 is 2.33 bits per heavy atom. The monoisotopic (exact) mass is 722 g/mol. The third-order valence-electron chi connectivity index (χ3n) is 7.26. The molecule has 0 saturated carbocycles. The Kier molecular flexibility index (Phi) is 11.1. The van der Waals surface area contributed by atoms with Gasteiger partial charge in [0.15, 0.2) is 0 Å². The highest BCUT2D eigenvalue weighted by Crippen LogP contribution is 2.30. The summed E-state index contributed by atoms with van der Waals surface area (Å²) >= 11 is 0.911. The highest BCUT2D eigenvalue weighted by molar-refractivity contribution is 7.91. The largest absolute Gasteiger partial charge is 0.491 e. The molecule has 4 N–H and O–H groups in total. The first-order chi connectivity index (χ1) is 23.3. The van der Waals surface area contributed by atoms with Crippen molar-refractivity contribution in [1.29, 1.82) is 0 Å². The van der Waals surface area contributed by atoms with Crippen molar-refractivity contribution in [2.24, 2.45) is 5.14 Å². The van der Waals surface area contributed by atoms with Crippen LogP contribution in [0.3, 0.4) is 0 Å². The minimum absolute atomic E-state index is 0.00121. The molecule has 18 heteroatoms. The second kappa shape index (κ2) is 15.3. The van der Waals surface area contributed by atoms with Crippen molar-refractivity contribution in [2.45, 2.75) is 42.0 Å². The molecule has 260 valence electrons. The van der Waals surface area contributed by atoms with Crippen LogP contribution in [0.2, 0.25) is 0 Å². The van der Waals surface area contributed by atoms with Gasteiger partial charge in [-0.25, -0.2) is 27.6 Å². The molecule has 0 aliphatic heterocycles. The number of nitrogens with one attached hydrogen (secondary N) is 1. The SMILES string of the molecule is NS(=O)(=O)c1nc2ccc(OCc3cn([C@H](CN[C@H](Cc4ccc(C(F)(F)F)cc4)C(=O)O)Cc4ccc(OCCF)cc4)nn3)cc2s1. The Bertz CT molecular complexity index is 1990. The number of thiazole rings is 1. The number of carbonyl (C=O) groups is 1. The summed E-state index contributed by atoms with van der Waals surface area (Å²) in [6.07, 6.45) is -2.58. The number of carboxylic acid groups (broad SMARTS) is 1. The zero-order valence-corrected chi connectivity index (χ0v) is 27.1. The molecule has 0 fully saturated rings. The molecule has 0 spiro atoms. The number of primary sulfonamides is 1. The quantitative estimate of drug-likeness (QED) is 0.123. The lowest BCUT2D eigenvalue weighted by Gasteiger charge is -2.21. The maximum absolute atomic E-state index is 13.0. The van der Waals surface area contributed by atoms with Gasteiger partial charge in [-0.3, -0.25) is 4.79 Å². The van der Waals surface area contributed by atoms with E-state index in [2.05, 4.69) is 20.6 Å². The summed E-state index contributed by atoms with van der Waals surface area (Å²) in [5.74, 6) is -0.279. The van der Waals surface area contributed by atoms with Crippen LogP contribution >= 0.6 is 11.3 Å². The Morgan fingerprint density at radius 2 is 1.67 bits per heavy atom. The molecule has 12 nitrogen and oxygen atoms in total. The highest BCUT2D eigenvalue weighted by Gasteiger charge is 2.30. The molecule has 0 saturated heterocycles. The molecule has 3 aromatic carbocycles. The fourth-order valence-electron chi connectivity index (χ4n) is 4.81. The van der Waals surface area contributed by atoms with Gasteiger partial charge >= 0.3 is 12.1 Å². The fraction of sp³-hybridized carbons (Fsp3) is 0.290. The van der Waals surface area contributed by atoms with E-state index in [1.807, 2.05) is 0 Å². The average molecular weight is 723 g/mol. The van der Waals surface area contributed by atoms with Crippen molar-refractivity contribution in [2.75, 3.05) is 19.8 Å². The van der Waals surface area contributed by atoms with E-state index in [0.717, 1.165) is 29.0 Å². The second-order valence-corrected chi connectivity index (χ2v) is 13.6. The molecule has 0 aliphatic carbocycles. The number of sulfonamides is 1. The van der Waals surface area contributed by atoms with Crippen LogP contribution < -0.4 is 19.9 Å². The normalized spacial score (nSPS) is 13.3. The Hall–Kier alpha value is -4.65. The van der Waals surface area contributed by atoms with Gasteiger partial charge in [-0.2, -0.15) is 13.2 Å². The molecule has 5 aromatic rings. The van der Waals surface area contributed by atoms with Gasteiger partial charge in [0.05, 0.1) is 28.0 Å². The molecule has 0 radical (unpaired) electrons. The van der Waals surface area contributed by atoms with E-state index in [1.54, 1.807) is 53.3 Å². The maximum Gasteiger partial charge on any atom is 0.416 e. The summed E-state index contributed by atoms with van der Waals surface area (Å²) in [5, 5.41) is 26.5. The molecule has 2 atom stereocenters. The number of rotatable bonds is 16. The number of aliphatic carboxylic acids is 1. The number of nitrogens with zero attached hydrogens (tertiary/aromatic N) is 4. The van der Waals surface area contributed by atoms with Crippen molar-refractivity contribution >= 4 is 37.5 Å². The lowest BCUT2D eigenvalue weighted by molar-refractivity contribution is -0.140. The van der Waals surface area contributed by atoms with Gasteiger partial charge in [0.2, 0.25) is 4.34 Å². The minimum atomic E-state index is -4.51. The number of hydrogen-bond acceptors (Lipinski definition) is 10. The van der Waals surface area contributed by atoms with Gasteiger partial charge in [0.25, 0.3) is 10.0 Å². The van der Waals surface area contributed by atoms with E-state index in [9.17, 15) is 35.9 Å². The van der Waals surface area contributed by atoms with Gasteiger partial charge < -0.3 is 19.9 Å². The van der Waals surface area contributed by atoms with E-state index in [0.29, 0.717) is 39.4 Å². The van der Waals surface area contributed by atoms with Crippen LogP contribution in [-0.2, 0) is 40.4 Å². The average Bonchev–Trinajstić information content (AvgIpc) is 3.72. The molecule has 2 heterocycles. The Morgan fingerprint density at radius 1 is 1.00 bits per heavy atom. The fourth-order valence-corrected chi connectivity index (χ4v) is 6.50. The van der Waals surface area contributed by atoms with Crippen LogP contribution in [0.1, 0.15) is 28.4 Å². The van der Waals surface area contributed by atoms with E-state index >= 15 is 0 Å². The van der Waals surface area contributed by atoms with Crippen LogP contribution in [-0.4, -0.2) is 65.3 Å². The molecule has 0 amide bonds. The van der Waals surface area contributed by atoms with Crippen molar-refractivity contribution in [1.82, 2.24) is 25.3 Å². The Labute approximate surface area is 281 Å². The van der Waals surface area contributed by atoms with Crippen molar-refractivity contribution in [3.63, 3.8) is 0 Å². The molecular weight excluding hydrogens is 693 g/mol. The standard InChI is InChI=1S/C31H30F4N6O6S2/c32-11-12-46-24-7-3-19(4-8-24)13-23(16-37-27(29(42)43)14-20-1-5-21(6-2-20)31(33,34)35)41-17-22(39-40-41)18-47-25-9-10-26-28(15-25)48-30(38-26)49(36,44)45/h1-10,15,17,23,27,37H,11-14,16,18H2,(H,42,43)(H2,36,44,45)/t23-,27+/m0/s1. The highest BCUT2D eigenvalue weighted by atomic mass is 32.2. The van der Waals surface area contributed by atoms with Crippen molar-refractivity contribution < 1.29 is 45.4 Å². The van der Waals surface area contributed by atoms with Gasteiger partial charge in [-0.1, -0.05) is 29.5 Å². The molecule has 0 bridgehead atoms. The first-order valence-electron chi connectivity index (χ1n) is 14.7. The number of hydrogen-bond donors (Lipinski definition) is 3. The Balaban J connectivity index is 1.30. The van der Waals surface area contributed by atoms with Crippen molar-refractivity contribution in [3.05, 3.63) is 95.3 Å². The summed E-state index contributed by atoms with van der Waals surface area (Å²) in [7, 11) is -3.95. The van der Waals surface area contributed by atoms with Crippen LogP contribution in [0.15, 0.2) is 77.3 Å². The third kappa shape index (κ3) is 9.71. The molecule has 5 rings (SSSR count). The zero-order chi connectivity index (χ0) is 35.2. The van der Waals surface area contributed by atoms with Crippen molar-refractivity contribution in [3.8, 4) is 11.5 Å². The van der Waals surface area contributed by atoms with E-state index in [4.69, 9.17) is 14.6 Å². The number of alkyl halides is 4. The lowest BCUT2D eigenvalue weighted by atomic mass is 10.0. The second-order valence-electron chi connectivity index (χ2n) is 10.9. The van der Waals surface area contributed by atoms with Gasteiger partial charge in [0.1, 0.15) is 43.1 Å².